The Morgan fingerprint density at radius 3 is 2.26 bits per heavy atom. The molecule has 0 N–H and O–H groups in total. The molecule has 0 aliphatic carbocycles. The lowest BCUT2D eigenvalue weighted by atomic mass is 10.0. The molecule has 0 radical (unpaired) electrons. The van der Waals surface area contributed by atoms with Crippen LogP contribution in [-0.2, 0) is 32.2 Å². The van der Waals surface area contributed by atoms with Crippen LogP contribution in [0.5, 0.6) is 5.75 Å². The summed E-state index contributed by atoms with van der Waals surface area (Å²) in [6.45, 7) is 2.82. The SMILES string of the molecule is COc1ccc(CO[C@@H]2[C@@H](OCc3ccccc3)[C@@H](C)O[C@@H]2C(OC(=S)SC)c2ccco2)cc1. The lowest BCUT2D eigenvalue weighted by Crippen LogP contribution is -2.40. The van der Waals surface area contributed by atoms with Crippen LogP contribution in [-0.4, -0.2) is 42.2 Å². The Bertz CT molecular complexity index is 1040. The maximum Gasteiger partial charge on any atom is 0.220 e. The zero-order valence-electron chi connectivity index (χ0n) is 20.0. The minimum atomic E-state index is -0.571. The Morgan fingerprint density at radius 2 is 1.63 bits per heavy atom. The Kier molecular flexibility index (Phi) is 9.23. The lowest BCUT2D eigenvalue weighted by Gasteiger charge is -2.28. The summed E-state index contributed by atoms with van der Waals surface area (Å²) in [7, 11) is 1.65. The molecule has 6 nitrogen and oxygen atoms in total. The molecule has 8 heteroatoms. The summed E-state index contributed by atoms with van der Waals surface area (Å²) < 4.78 is 36.8. The summed E-state index contributed by atoms with van der Waals surface area (Å²) in [5.41, 5.74) is 2.10. The lowest BCUT2D eigenvalue weighted by molar-refractivity contribution is -0.0998. The van der Waals surface area contributed by atoms with Gasteiger partial charge in [0.15, 0.2) is 6.10 Å². The van der Waals surface area contributed by atoms with E-state index in [1.54, 1.807) is 13.4 Å². The summed E-state index contributed by atoms with van der Waals surface area (Å²) in [4.78, 5) is 0. The quantitative estimate of drug-likeness (QED) is 0.308. The van der Waals surface area contributed by atoms with Crippen LogP contribution in [0.25, 0.3) is 0 Å². The fraction of sp³-hybridized carbons (Fsp3) is 0.370. The molecule has 0 saturated carbocycles. The molecule has 1 aliphatic heterocycles. The van der Waals surface area contributed by atoms with Gasteiger partial charge in [-0.25, -0.2) is 0 Å². The zero-order chi connectivity index (χ0) is 24.6. The van der Waals surface area contributed by atoms with E-state index < -0.39 is 18.3 Å². The van der Waals surface area contributed by atoms with Gasteiger partial charge in [0.25, 0.3) is 0 Å². The molecular weight excluding hydrogens is 484 g/mol. The molecule has 1 unspecified atom stereocenters. The Labute approximate surface area is 215 Å². The highest BCUT2D eigenvalue weighted by atomic mass is 32.2. The molecule has 0 spiro atoms. The number of furan rings is 1. The maximum absolute atomic E-state index is 6.48. The van der Waals surface area contributed by atoms with Gasteiger partial charge < -0.3 is 28.1 Å². The van der Waals surface area contributed by atoms with Crippen molar-refractivity contribution in [3.63, 3.8) is 0 Å². The van der Waals surface area contributed by atoms with E-state index in [0.717, 1.165) is 16.9 Å². The number of hydrogen-bond acceptors (Lipinski definition) is 8. The van der Waals surface area contributed by atoms with E-state index in [1.807, 2.05) is 79.9 Å². The van der Waals surface area contributed by atoms with E-state index in [9.17, 15) is 0 Å². The monoisotopic (exact) mass is 514 g/mol. The number of ether oxygens (including phenoxy) is 5. The van der Waals surface area contributed by atoms with Gasteiger partial charge in [0.1, 0.15) is 29.8 Å². The average molecular weight is 515 g/mol. The van der Waals surface area contributed by atoms with Gasteiger partial charge in [0.05, 0.1) is 32.7 Å². The van der Waals surface area contributed by atoms with Crippen molar-refractivity contribution in [2.75, 3.05) is 13.4 Å². The molecule has 2 heterocycles. The second kappa shape index (κ2) is 12.6. The fourth-order valence-corrected chi connectivity index (χ4v) is 4.40. The van der Waals surface area contributed by atoms with Gasteiger partial charge in [-0.15, -0.1) is 0 Å². The largest absolute Gasteiger partial charge is 0.497 e. The van der Waals surface area contributed by atoms with Crippen molar-refractivity contribution < 1.29 is 28.1 Å². The topological polar surface area (TPSA) is 59.3 Å². The molecule has 1 aliphatic rings. The molecular formula is C27H30O6S2. The van der Waals surface area contributed by atoms with Gasteiger partial charge in [-0.1, -0.05) is 54.2 Å². The van der Waals surface area contributed by atoms with Crippen molar-refractivity contribution in [3.05, 3.63) is 89.9 Å². The first-order valence-corrected chi connectivity index (χ1v) is 13.1. The van der Waals surface area contributed by atoms with E-state index in [0.29, 0.717) is 23.4 Å². The first kappa shape index (κ1) is 25.7. The van der Waals surface area contributed by atoms with Crippen LogP contribution in [0.2, 0.25) is 0 Å². The van der Waals surface area contributed by atoms with Crippen LogP contribution >= 0.6 is 24.0 Å². The van der Waals surface area contributed by atoms with Gasteiger partial charge in [0, 0.05) is 0 Å². The van der Waals surface area contributed by atoms with Crippen LogP contribution < -0.4 is 4.74 Å². The molecule has 5 atom stereocenters. The third kappa shape index (κ3) is 6.65. The fourth-order valence-electron chi connectivity index (χ4n) is 4.09. The van der Waals surface area contributed by atoms with Crippen LogP contribution in [0.4, 0.5) is 0 Å². The normalized spacial score (nSPS) is 22.6. The number of hydrogen-bond donors (Lipinski definition) is 0. The minimum Gasteiger partial charge on any atom is -0.497 e. The standard InChI is InChI=1S/C27H30O6S2/c1-18-23(30-16-19-8-5-4-6-9-19)25(31-17-20-11-13-21(28-2)14-12-20)26(32-18)24(33-27(34)35-3)22-10-7-15-29-22/h4-15,18,23-26H,16-17H2,1-3H3/t18-,23+,24?,25-,26-/m1/s1. The van der Waals surface area contributed by atoms with Gasteiger partial charge >= 0.3 is 0 Å². The molecule has 35 heavy (non-hydrogen) atoms. The summed E-state index contributed by atoms with van der Waals surface area (Å²) in [6, 6.07) is 21.5. The molecule has 0 amide bonds. The van der Waals surface area contributed by atoms with Gasteiger partial charge in [-0.2, -0.15) is 0 Å². The second-order valence-corrected chi connectivity index (χ2v) is 9.61. The predicted octanol–water partition coefficient (Wildman–Crippen LogP) is 5.95. The highest BCUT2D eigenvalue weighted by Gasteiger charge is 2.50. The predicted molar refractivity (Wildman–Crippen MR) is 140 cm³/mol. The number of rotatable bonds is 10. The molecule has 1 saturated heterocycles. The average Bonchev–Trinajstić information content (AvgIpc) is 3.53. The second-order valence-electron chi connectivity index (χ2n) is 8.20. The van der Waals surface area contributed by atoms with Crippen LogP contribution in [0.3, 0.4) is 0 Å². The third-order valence-corrected chi connectivity index (χ3v) is 6.91. The first-order chi connectivity index (χ1) is 17.1. The van der Waals surface area contributed by atoms with Gasteiger partial charge in [0.2, 0.25) is 4.38 Å². The van der Waals surface area contributed by atoms with Crippen LogP contribution in [0.15, 0.2) is 77.4 Å². The number of methoxy groups -OCH3 is 1. The molecule has 1 fully saturated rings. The first-order valence-electron chi connectivity index (χ1n) is 11.4. The molecule has 2 aromatic carbocycles. The minimum absolute atomic E-state index is 0.228. The van der Waals surface area contributed by atoms with E-state index in [4.69, 9.17) is 40.3 Å². The van der Waals surface area contributed by atoms with E-state index in [1.165, 1.54) is 11.8 Å². The van der Waals surface area contributed by atoms with Crippen molar-refractivity contribution in [3.8, 4) is 5.75 Å². The number of thiocarbonyl (C=S) groups is 1. The van der Waals surface area contributed by atoms with Crippen LogP contribution in [0.1, 0.15) is 29.9 Å². The van der Waals surface area contributed by atoms with Crippen molar-refractivity contribution in [1.29, 1.82) is 0 Å². The van der Waals surface area contributed by atoms with E-state index >= 15 is 0 Å². The highest BCUT2D eigenvalue weighted by Crippen LogP contribution is 2.38. The van der Waals surface area contributed by atoms with Crippen molar-refractivity contribution in [1.82, 2.24) is 0 Å². The van der Waals surface area contributed by atoms with Crippen molar-refractivity contribution in [2.24, 2.45) is 0 Å². The number of benzene rings is 2. The number of thioether (sulfide) groups is 1. The smallest absolute Gasteiger partial charge is 0.220 e. The molecule has 4 rings (SSSR count). The van der Waals surface area contributed by atoms with Crippen molar-refractivity contribution >= 4 is 28.4 Å². The zero-order valence-corrected chi connectivity index (χ0v) is 21.6. The summed E-state index contributed by atoms with van der Waals surface area (Å²) in [5.74, 6) is 1.42. The Morgan fingerprint density at radius 1 is 0.943 bits per heavy atom. The van der Waals surface area contributed by atoms with E-state index in [-0.39, 0.29) is 12.2 Å². The van der Waals surface area contributed by atoms with Gasteiger partial charge in [-0.05, 0) is 60.8 Å². The maximum atomic E-state index is 6.48. The van der Waals surface area contributed by atoms with Gasteiger partial charge in [-0.3, -0.25) is 0 Å². The van der Waals surface area contributed by atoms with Crippen LogP contribution in [0, 0.1) is 0 Å². The molecule has 1 aromatic heterocycles. The summed E-state index contributed by atoms with van der Waals surface area (Å²) >= 11 is 6.74. The Balaban J connectivity index is 1.57. The third-order valence-electron chi connectivity index (χ3n) is 5.88. The summed E-state index contributed by atoms with van der Waals surface area (Å²) in [5, 5.41) is 0. The molecule has 3 aromatic rings. The Hall–Kier alpha value is -2.36. The molecule has 186 valence electrons. The van der Waals surface area contributed by atoms with E-state index in [2.05, 4.69) is 0 Å². The summed E-state index contributed by atoms with van der Waals surface area (Å²) in [6.07, 6.45) is 1.47. The molecule has 0 bridgehead atoms. The van der Waals surface area contributed by atoms with Crippen molar-refractivity contribution in [2.45, 2.75) is 50.7 Å². The highest BCUT2D eigenvalue weighted by molar-refractivity contribution is 8.22.